The van der Waals surface area contributed by atoms with Gasteiger partial charge in [0.15, 0.2) is 0 Å². The van der Waals surface area contributed by atoms with Crippen molar-refractivity contribution in [3.05, 3.63) is 46.5 Å². The number of amides is 2. The van der Waals surface area contributed by atoms with E-state index in [-0.39, 0.29) is 35.5 Å². The van der Waals surface area contributed by atoms with Crippen LogP contribution in [0.25, 0.3) is 0 Å². The molecule has 1 fully saturated rings. The molecule has 4 aliphatic rings. The lowest BCUT2D eigenvalue weighted by molar-refractivity contribution is -0.138. The van der Waals surface area contributed by atoms with E-state index in [0.717, 1.165) is 0 Å². The minimum atomic E-state index is -0.184. The van der Waals surface area contributed by atoms with E-state index < -0.39 is 0 Å². The van der Waals surface area contributed by atoms with Gasteiger partial charge in [-0.1, -0.05) is 35.4 Å². The average molecular weight is 267 g/mol. The van der Waals surface area contributed by atoms with Crippen LogP contribution in [0.4, 0.5) is 0 Å². The Bertz CT molecular complexity index is 631. The van der Waals surface area contributed by atoms with Crippen LogP contribution in [0, 0.1) is 11.8 Å². The Morgan fingerprint density at radius 3 is 1.65 bits per heavy atom. The molecule has 3 heteroatoms. The van der Waals surface area contributed by atoms with Gasteiger partial charge in [0.05, 0.1) is 11.8 Å². The van der Waals surface area contributed by atoms with E-state index in [1.165, 1.54) is 27.2 Å². The minimum absolute atomic E-state index is 0.00338. The van der Waals surface area contributed by atoms with Gasteiger partial charge in [0, 0.05) is 18.9 Å². The van der Waals surface area contributed by atoms with Gasteiger partial charge in [0.2, 0.25) is 11.8 Å². The third-order valence-electron chi connectivity index (χ3n) is 5.56. The smallest absolute Gasteiger partial charge is 0.233 e. The second kappa shape index (κ2) is 3.60. The number of hydrogen-bond acceptors (Lipinski definition) is 2. The second-order valence-corrected chi connectivity index (χ2v) is 6.24. The summed E-state index contributed by atoms with van der Waals surface area (Å²) < 4.78 is 0. The van der Waals surface area contributed by atoms with Crippen LogP contribution in [-0.2, 0) is 9.59 Å². The molecule has 20 heavy (non-hydrogen) atoms. The minimum Gasteiger partial charge on any atom is -0.285 e. The van der Waals surface area contributed by atoms with Crippen molar-refractivity contribution in [3.8, 4) is 0 Å². The monoisotopic (exact) mass is 267 g/mol. The maximum Gasteiger partial charge on any atom is 0.233 e. The molecule has 0 radical (unpaired) electrons. The first-order valence-corrected chi connectivity index (χ1v) is 7.11. The number of hydrogen-bond donors (Lipinski definition) is 0. The summed E-state index contributed by atoms with van der Waals surface area (Å²) in [7, 11) is 1.62. The van der Waals surface area contributed by atoms with E-state index in [1.54, 1.807) is 7.05 Å². The molecule has 0 aromatic heterocycles. The number of rotatable bonds is 0. The highest BCUT2D eigenvalue weighted by atomic mass is 16.2. The van der Waals surface area contributed by atoms with E-state index in [4.69, 9.17) is 0 Å². The lowest BCUT2D eigenvalue weighted by Crippen LogP contribution is -2.40. The fraction of sp³-hybridized carbons (Fsp3) is 0.412. The molecule has 0 saturated carbocycles. The lowest BCUT2D eigenvalue weighted by Gasteiger charge is -2.46. The molecule has 3 nitrogen and oxygen atoms in total. The molecule has 2 amide bonds. The van der Waals surface area contributed by atoms with Crippen molar-refractivity contribution in [3.63, 3.8) is 0 Å². The van der Waals surface area contributed by atoms with Gasteiger partial charge in [-0.05, 0) is 25.0 Å². The summed E-state index contributed by atoms with van der Waals surface area (Å²) in [5, 5.41) is 0. The number of allylic oxidation sites excluding steroid dienone is 2. The summed E-state index contributed by atoms with van der Waals surface area (Å²) in [6.07, 6.45) is 0. The van der Waals surface area contributed by atoms with Crippen LogP contribution in [0.5, 0.6) is 0 Å². The van der Waals surface area contributed by atoms with Crippen molar-refractivity contribution >= 4 is 11.8 Å². The molecule has 1 aromatic rings. The quantitative estimate of drug-likeness (QED) is 0.535. The number of carbonyl (C=O) groups excluding carboxylic acids is 2. The van der Waals surface area contributed by atoms with E-state index >= 15 is 0 Å². The number of nitrogens with zero attached hydrogens (tertiary/aromatic N) is 1. The summed E-state index contributed by atoms with van der Waals surface area (Å²) >= 11 is 0. The normalized spacial score (nSPS) is 34.6. The molecule has 0 unspecified atom stereocenters. The van der Waals surface area contributed by atoms with Crippen molar-refractivity contribution in [1.82, 2.24) is 4.90 Å². The number of likely N-dealkylation sites (tertiary alicyclic amines) is 1. The summed E-state index contributed by atoms with van der Waals surface area (Å²) in [4.78, 5) is 26.3. The van der Waals surface area contributed by atoms with Crippen LogP contribution in [0.15, 0.2) is 35.4 Å². The molecular formula is C17H17NO2. The number of imide groups is 1. The number of benzene rings is 1. The first kappa shape index (κ1) is 11.9. The molecule has 3 aliphatic carbocycles. The summed E-state index contributed by atoms with van der Waals surface area (Å²) in [6.45, 7) is 4.24. The zero-order chi connectivity index (χ0) is 14.2. The van der Waals surface area contributed by atoms with E-state index in [1.807, 2.05) is 12.1 Å². The molecule has 1 aliphatic heterocycles. The van der Waals surface area contributed by atoms with Crippen LogP contribution in [0.3, 0.4) is 0 Å². The average Bonchev–Trinajstić information content (AvgIpc) is 2.68. The molecule has 1 aromatic carbocycles. The summed E-state index contributed by atoms with van der Waals surface area (Å²) in [5.74, 6) is -0.204. The van der Waals surface area contributed by atoms with Crippen molar-refractivity contribution in [2.75, 3.05) is 7.05 Å². The summed E-state index contributed by atoms with van der Waals surface area (Å²) in [6, 6.07) is 8.30. The van der Waals surface area contributed by atoms with E-state index in [2.05, 4.69) is 26.0 Å². The predicted molar refractivity (Wildman–Crippen MR) is 75.1 cm³/mol. The molecule has 0 spiro atoms. The van der Waals surface area contributed by atoms with Crippen molar-refractivity contribution in [1.29, 1.82) is 0 Å². The van der Waals surface area contributed by atoms with Gasteiger partial charge in [-0.2, -0.15) is 0 Å². The topological polar surface area (TPSA) is 37.4 Å². The van der Waals surface area contributed by atoms with Gasteiger partial charge < -0.3 is 0 Å². The Morgan fingerprint density at radius 2 is 1.25 bits per heavy atom. The van der Waals surface area contributed by atoms with Crippen LogP contribution in [0.1, 0.15) is 36.8 Å². The van der Waals surface area contributed by atoms with Gasteiger partial charge in [-0.25, -0.2) is 0 Å². The first-order valence-electron chi connectivity index (χ1n) is 7.11. The maximum absolute atomic E-state index is 12.5. The zero-order valence-electron chi connectivity index (χ0n) is 11.9. The Kier molecular flexibility index (Phi) is 2.14. The van der Waals surface area contributed by atoms with Gasteiger partial charge in [0.25, 0.3) is 0 Å². The predicted octanol–water partition coefficient (Wildman–Crippen LogP) is 2.45. The van der Waals surface area contributed by atoms with Crippen LogP contribution in [0.2, 0.25) is 0 Å². The zero-order valence-corrected chi connectivity index (χ0v) is 11.9. The first-order chi connectivity index (χ1) is 9.54. The third kappa shape index (κ3) is 1.13. The molecule has 1 saturated heterocycles. The SMILES string of the molecule is CC1=C(C)[C@H]2c3ccccc3[C@@H]1[C@H]1C(=O)N(C)C(=O)[C@H]12. The van der Waals surface area contributed by atoms with E-state index in [9.17, 15) is 9.59 Å². The molecular weight excluding hydrogens is 250 g/mol. The largest absolute Gasteiger partial charge is 0.285 e. The Labute approximate surface area is 118 Å². The highest BCUT2D eigenvalue weighted by Crippen LogP contribution is 2.60. The second-order valence-electron chi connectivity index (χ2n) is 6.24. The Hall–Kier alpha value is -1.90. The van der Waals surface area contributed by atoms with Gasteiger partial charge in [0.1, 0.15) is 0 Å². The molecule has 102 valence electrons. The van der Waals surface area contributed by atoms with Crippen molar-refractivity contribution in [2.24, 2.45) is 11.8 Å². The van der Waals surface area contributed by atoms with Crippen LogP contribution >= 0.6 is 0 Å². The molecule has 1 heterocycles. The lowest BCUT2D eigenvalue weighted by atomic mass is 9.55. The van der Waals surface area contributed by atoms with E-state index in [0.29, 0.717) is 0 Å². The van der Waals surface area contributed by atoms with Gasteiger partial charge in [-0.15, -0.1) is 0 Å². The van der Waals surface area contributed by atoms with Crippen molar-refractivity contribution in [2.45, 2.75) is 25.7 Å². The fourth-order valence-electron chi connectivity index (χ4n) is 4.52. The van der Waals surface area contributed by atoms with Crippen molar-refractivity contribution < 1.29 is 9.59 Å². The fourth-order valence-corrected chi connectivity index (χ4v) is 4.52. The Balaban J connectivity index is 2.02. The highest BCUT2D eigenvalue weighted by molar-refractivity contribution is 6.07. The van der Waals surface area contributed by atoms with Crippen LogP contribution < -0.4 is 0 Å². The molecule has 5 rings (SSSR count). The summed E-state index contributed by atoms with van der Waals surface area (Å²) in [5.41, 5.74) is 5.06. The number of carbonyl (C=O) groups is 2. The van der Waals surface area contributed by atoms with Gasteiger partial charge in [-0.3, -0.25) is 14.5 Å². The standard InChI is InChI=1S/C17H17NO2/c1-8-9(2)13-11-7-5-4-6-10(11)12(8)14-15(13)17(20)18(3)16(14)19/h4-7,12-15H,1-3H3/t12-,13+,14-,15+. The third-order valence-corrected chi connectivity index (χ3v) is 5.56. The van der Waals surface area contributed by atoms with Crippen LogP contribution in [-0.4, -0.2) is 23.8 Å². The maximum atomic E-state index is 12.5. The molecule has 2 bridgehead atoms. The molecule has 0 N–H and O–H groups in total. The van der Waals surface area contributed by atoms with Gasteiger partial charge >= 0.3 is 0 Å². The highest BCUT2D eigenvalue weighted by Gasteiger charge is 2.59. The Morgan fingerprint density at radius 1 is 0.850 bits per heavy atom. The molecule has 4 atom stereocenters.